The van der Waals surface area contributed by atoms with Crippen molar-refractivity contribution in [3.63, 3.8) is 0 Å². The summed E-state index contributed by atoms with van der Waals surface area (Å²) in [6.45, 7) is 1.79. The van der Waals surface area contributed by atoms with E-state index in [4.69, 9.17) is 4.42 Å². The van der Waals surface area contributed by atoms with Crippen molar-refractivity contribution in [3.05, 3.63) is 86.7 Å². The van der Waals surface area contributed by atoms with E-state index in [1.165, 1.54) is 10.6 Å². The molecule has 9 heteroatoms. The van der Waals surface area contributed by atoms with E-state index in [0.717, 1.165) is 24.3 Å². The summed E-state index contributed by atoms with van der Waals surface area (Å²) in [6.07, 6.45) is -3.35. The van der Waals surface area contributed by atoms with Crippen LogP contribution < -0.4 is 10.9 Å². The number of pyridine rings is 1. The Hall–Kier alpha value is -3.62. The average Bonchev–Trinajstić information content (AvgIpc) is 3.16. The monoisotopic (exact) mass is 444 g/mol. The van der Waals surface area contributed by atoms with Gasteiger partial charge in [-0.1, -0.05) is 0 Å². The number of Topliss-reactive ketones (excluding diaryl/α,β-unsaturated/α-hetero) is 1. The predicted octanol–water partition coefficient (Wildman–Crippen LogP) is 4.21. The van der Waals surface area contributed by atoms with Crippen molar-refractivity contribution >= 4 is 11.7 Å². The van der Waals surface area contributed by atoms with Crippen molar-refractivity contribution in [2.75, 3.05) is 0 Å². The van der Waals surface area contributed by atoms with Crippen LogP contribution in [0.25, 0.3) is 5.69 Å². The van der Waals surface area contributed by atoms with Gasteiger partial charge in [0.2, 0.25) is 0 Å². The summed E-state index contributed by atoms with van der Waals surface area (Å²) in [5.74, 6) is 0.236. The molecule has 0 saturated heterocycles. The number of hydrogen-bond donors (Lipinski definition) is 1. The Morgan fingerprint density at radius 3 is 2.44 bits per heavy atom. The van der Waals surface area contributed by atoms with E-state index in [2.05, 4.69) is 5.32 Å². The molecule has 0 radical (unpaired) electrons. The molecule has 0 unspecified atom stereocenters. The molecule has 6 nitrogen and oxygen atoms in total. The van der Waals surface area contributed by atoms with E-state index in [1.807, 2.05) is 0 Å². The van der Waals surface area contributed by atoms with E-state index in [-0.39, 0.29) is 35.6 Å². The number of fused-ring (bicyclic) bond motifs is 1. The van der Waals surface area contributed by atoms with Gasteiger partial charge in [0, 0.05) is 23.4 Å². The number of alkyl halides is 3. The number of furan rings is 1. The van der Waals surface area contributed by atoms with Crippen molar-refractivity contribution < 1.29 is 27.2 Å². The van der Waals surface area contributed by atoms with E-state index in [1.54, 1.807) is 19.1 Å². The summed E-state index contributed by atoms with van der Waals surface area (Å²) in [6, 6.07) is 8.76. The maximum atomic E-state index is 13.2. The summed E-state index contributed by atoms with van der Waals surface area (Å²) in [7, 11) is 0. The maximum Gasteiger partial charge on any atom is 0.416 e. The molecule has 1 aliphatic carbocycles. The number of carbonyl (C=O) groups excluding carboxylic acids is 2. The molecule has 2 heterocycles. The number of halogens is 3. The minimum Gasteiger partial charge on any atom is -0.465 e. The van der Waals surface area contributed by atoms with Gasteiger partial charge in [0.15, 0.2) is 5.78 Å². The number of ketones is 1. The Labute approximate surface area is 180 Å². The topological polar surface area (TPSA) is 81.3 Å². The highest BCUT2D eigenvalue weighted by Gasteiger charge is 2.31. The molecule has 0 aliphatic heterocycles. The minimum atomic E-state index is -4.52. The van der Waals surface area contributed by atoms with Crippen molar-refractivity contribution in [3.8, 4) is 5.69 Å². The van der Waals surface area contributed by atoms with Gasteiger partial charge in [-0.05, 0) is 62.2 Å². The van der Waals surface area contributed by atoms with Crippen LogP contribution in [0.5, 0.6) is 0 Å². The van der Waals surface area contributed by atoms with Crippen molar-refractivity contribution in [2.45, 2.75) is 38.9 Å². The third kappa shape index (κ3) is 4.10. The number of nitrogens with zero attached hydrogens (tertiary/aromatic N) is 1. The van der Waals surface area contributed by atoms with E-state index >= 15 is 0 Å². The molecule has 3 aromatic rings. The van der Waals surface area contributed by atoms with Gasteiger partial charge in [-0.3, -0.25) is 19.0 Å². The summed E-state index contributed by atoms with van der Waals surface area (Å²) >= 11 is 0. The lowest BCUT2D eigenvalue weighted by molar-refractivity contribution is -0.137. The van der Waals surface area contributed by atoms with Gasteiger partial charge < -0.3 is 9.73 Å². The molecule has 0 saturated carbocycles. The third-order valence-corrected chi connectivity index (χ3v) is 5.34. The highest BCUT2D eigenvalue weighted by Crippen LogP contribution is 2.30. The van der Waals surface area contributed by atoms with Crippen LogP contribution in [0.15, 0.2) is 51.7 Å². The molecule has 1 aliphatic rings. The van der Waals surface area contributed by atoms with E-state index in [9.17, 15) is 27.6 Å². The highest BCUT2D eigenvalue weighted by atomic mass is 19.4. The molecule has 0 bridgehead atoms. The average molecular weight is 444 g/mol. The second-order valence-corrected chi connectivity index (χ2v) is 7.58. The number of aromatic nitrogens is 1. The van der Waals surface area contributed by atoms with Gasteiger partial charge in [-0.15, -0.1) is 0 Å². The first-order valence-corrected chi connectivity index (χ1v) is 9.98. The highest BCUT2D eigenvalue weighted by molar-refractivity contribution is 6.01. The molecule has 1 amide bonds. The lowest BCUT2D eigenvalue weighted by Crippen LogP contribution is -2.35. The molecular weight excluding hydrogens is 425 g/mol. The van der Waals surface area contributed by atoms with Crippen molar-refractivity contribution in [2.24, 2.45) is 0 Å². The summed E-state index contributed by atoms with van der Waals surface area (Å²) in [5, 5.41) is 2.59. The second kappa shape index (κ2) is 8.14. The molecule has 0 spiro atoms. The van der Waals surface area contributed by atoms with Gasteiger partial charge in [-0.2, -0.15) is 13.2 Å². The van der Waals surface area contributed by atoms with Crippen LogP contribution in [0.2, 0.25) is 0 Å². The van der Waals surface area contributed by atoms with Crippen LogP contribution in [0, 0.1) is 6.92 Å². The standard InChI is InChI=1S/C23H19F3N2O4/c1-13-5-10-16(32-13)12-27-21(30)18-11-17-19(3-2-4-20(17)29)28(22(18)31)15-8-6-14(7-9-15)23(24,25)26/h5-11H,2-4,12H2,1H3,(H,27,30). The van der Waals surface area contributed by atoms with Gasteiger partial charge in [0.25, 0.3) is 11.5 Å². The van der Waals surface area contributed by atoms with Crippen LogP contribution in [0.1, 0.15) is 56.3 Å². The van der Waals surface area contributed by atoms with Gasteiger partial charge in [-0.25, -0.2) is 0 Å². The molecule has 0 fully saturated rings. The first-order valence-electron chi connectivity index (χ1n) is 9.98. The fourth-order valence-electron chi connectivity index (χ4n) is 3.77. The molecule has 0 atom stereocenters. The number of carbonyl (C=O) groups is 2. The zero-order chi connectivity index (χ0) is 23.0. The quantitative estimate of drug-likeness (QED) is 0.654. The van der Waals surface area contributed by atoms with Crippen LogP contribution in [0.3, 0.4) is 0 Å². The second-order valence-electron chi connectivity index (χ2n) is 7.58. The third-order valence-electron chi connectivity index (χ3n) is 5.34. The summed E-state index contributed by atoms with van der Waals surface area (Å²) < 4.78 is 45.4. The molecule has 2 aromatic heterocycles. The van der Waals surface area contributed by atoms with Crippen molar-refractivity contribution in [1.82, 2.24) is 9.88 Å². The van der Waals surface area contributed by atoms with Gasteiger partial charge in [0.1, 0.15) is 17.1 Å². The van der Waals surface area contributed by atoms with Gasteiger partial charge >= 0.3 is 6.18 Å². The summed E-state index contributed by atoms with van der Waals surface area (Å²) in [5.41, 5.74) is -1.04. The Kier molecular flexibility index (Phi) is 5.50. The molecule has 166 valence electrons. The largest absolute Gasteiger partial charge is 0.465 e. The molecule has 1 aromatic carbocycles. The Morgan fingerprint density at radius 1 is 1.09 bits per heavy atom. The van der Waals surface area contributed by atoms with Crippen LogP contribution >= 0.6 is 0 Å². The first kappa shape index (κ1) is 21.6. The number of hydrogen-bond acceptors (Lipinski definition) is 4. The SMILES string of the molecule is Cc1ccc(CNC(=O)c2cc3c(n(-c4ccc(C(F)(F)F)cc4)c2=O)CCCC3=O)o1. The molecule has 32 heavy (non-hydrogen) atoms. The van der Waals surface area contributed by atoms with E-state index in [0.29, 0.717) is 30.1 Å². The summed E-state index contributed by atoms with van der Waals surface area (Å²) in [4.78, 5) is 38.5. The molecule has 1 N–H and O–H groups in total. The van der Waals surface area contributed by atoms with Crippen molar-refractivity contribution in [1.29, 1.82) is 0 Å². The Morgan fingerprint density at radius 2 is 1.81 bits per heavy atom. The lowest BCUT2D eigenvalue weighted by Gasteiger charge is -2.22. The smallest absolute Gasteiger partial charge is 0.416 e. The number of rotatable bonds is 4. The number of nitrogens with one attached hydrogen (secondary N) is 1. The fraction of sp³-hybridized carbons (Fsp3) is 0.261. The number of amides is 1. The van der Waals surface area contributed by atoms with Crippen LogP contribution in [0.4, 0.5) is 13.2 Å². The maximum absolute atomic E-state index is 13.2. The van der Waals surface area contributed by atoms with Crippen LogP contribution in [-0.4, -0.2) is 16.3 Å². The zero-order valence-corrected chi connectivity index (χ0v) is 17.1. The minimum absolute atomic E-state index is 0.0391. The predicted molar refractivity (Wildman–Crippen MR) is 109 cm³/mol. The normalized spacial score (nSPS) is 13.7. The first-order chi connectivity index (χ1) is 15.1. The van der Waals surface area contributed by atoms with Gasteiger partial charge in [0.05, 0.1) is 12.1 Å². The number of aryl methyl sites for hydroxylation is 1. The van der Waals surface area contributed by atoms with Crippen LogP contribution in [-0.2, 0) is 19.1 Å². The zero-order valence-electron chi connectivity index (χ0n) is 17.1. The molecule has 4 rings (SSSR count). The Bertz CT molecular complexity index is 1250. The Balaban J connectivity index is 1.77. The fourth-order valence-corrected chi connectivity index (χ4v) is 3.77. The lowest BCUT2D eigenvalue weighted by atomic mass is 9.92. The molecular formula is C23H19F3N2O4. The van der Waals surface area contributed by atoms with E-state index < -0.39 is 23.2 Å². The number of benzene rings is 1.